The quantitative estimate of drug-likeness (QED) is 0.920. The number of hydrogen-bond acceptors (Lipinski definition) is 3. The van der Waals surface area contributed by atoms with Crippen LogP contribution in [0.3, 0.4) is 0 Å². The maximum Gasteiger partial charge on any atom is 0.244 e. The van der Waals surface area contributed by atoms with Crippen LogP contribution >= 0.6 is 0 Å². The molecule has 4 rings (SSSR count). The Morgan fingerprint density at radius 2 is 1.88 bits per heavy atom. The van der Waals surface area contributed by atoms with Crippen molar-refractivity contribution in [2.75, 3.05) is 26.2 Å². The van der Waals surface area contributed by atoms with Crippen molar-refractivity contribution in [2.45, 2.75) is 44.1 Å². The lowest BCUT2D eigenvalue weighted by Gasteiger charge is -2.32. The number of hydrogen-bond donors (Lipinski definition) is 1. The summed E-state index contributed by atoms with van der Waals surface area (Å²) in [6, 6.07) is 12.7. The van der Waals surface area contributed by atoms with Crippen molar-refractivity contribution in [3.05, 3.63) is 53.9 Å². The zero-order chi connectivity index (χ0) is 17.8. The van der Waals surface area contributed by atoms with Crippen LogP contribution in [0.25, 0.3) is 0 Å². The number of carbonyl (C=O) groups excluding carboxylic acids is 1. The smallest absolute Gasteiger partial charge is 0.244 e. The SMILES string of the molecule is O=C(Cn1ccc(C2CCCNC2)n1)N1CCC(c2ccccc2)CC1. The first-order valence-electron chi connectivity index (χ1n) is 9.86. The molecule has 1 amide bonds. The lowest BCUT2D eigenvalue weighted by molar-refractivity contribution is -0.133. The van der Waals surface area contributed by atoms with Gasteiger partial charge in [-0.05, 0) is 49.8 Å². The predicted molar refractivity (Wildman–Crippen MR) is 102 cm³/mol. The largest absolute Gasteiger partial charge is 0.341 e. The summed E-state index contributed by atoms with van der Waals surface area (Å²) in [5, 5.41) is 8.09. The lowest BCUT2D eigenvalue weighted by atomic mass is 9.89. The third-order valence-electron chi connectivity index (χ3n) is 5.79. The molecular weight excluding hydrogens is 324 g/mol. The zero-order valence-corrected chi connectivity index (χ0v) is 15.3. The average molecular weight is 352 g/mol. The Bertz CT molecular complexity index is 713. The number of nitrogens with zero attached hydrogens (tertiary/aromatic N) is 3. The average Bonchev–Trinajstić information content (AvgIpc) is 3.18. The Labute approximate surface area is 155 Å². The molecule has 2 aromatic rings. The summed E-state index contributed by atoms with van der Waals surface area (Å²) in [6.07, 6.45) is 6.44. The highest BCUT2D eigenvalue weighted by Crippen LogP contribution is 2.28. The molecule has 1 atom stereocenters. The van der Waals surface area contributed by atoms with Gasteiger partial charge < -0.3 is 10.2 Å². The van der Waals surface area contributed by atoms with Gasteiger partial charge in [-0.3, -0.25) is 9.48 Å². The number of likely N-dealkylation sites (tertiary alicyclic amines) is 1. The molecule has 0 aliphatic carbocycles. The topological polar surface area (TPSA) is 50.2 Å². The van der Waals surface area contributed by atoms with Crippen LogP contribution in [0.5, 0.6) is 0 Å². The molecule has 2 saturated heterocycles. The van der Waals surface area contributed by atoms with Gasteiger partial charge in [0.2, 0.25) is 5.91 Å². The number of piperidine rings is 2. The first-order valence-corrected chi connectivity index (χ1v) is 9.86. The van der Waals surface area contributed by atoms with Crippen LogP contribution in [-0.4, -0.2) is 46.8 Å². The van der Waals surface area contributed by atoms with Gasteiger partial charge in [-0.25, -0.2) is 0 Å². The molecule has 5 heteroatoms. The molecule has 0 radical (unpaired) electrons. The molecule has 0 bridgehead atoms. The third-order valence-corrected chi connectivity index (χ3v) is 5.79. The number of amides is 1. The van der Waals surface area contributed by atoms with E-state index in [1.807, 2.05) is 15.8 Å². The fourth-order valence-electron chi connectivity index (χ4n) is 4.21. The van der Waals surface area contributed by atoms with Gasteiger partial charge >= 0.3 is 0 Å². The van der Waals surface area contributed by atoms with Gasteiger partial charge in [0.15, 0.2) is 0 Å². The fraction of sp³-hybridized carbons (Fsp3) is 0.524. The third kappa shape index (κ3) is 3.98. The van der Waals surface area contributed by atoms with Gasteiger partial charge in [0.25, 0.3) is 0 Å². The van der Waals surface area contributed by atoms with Crippen molar-refractivity contribution in [3.63, 3.8) is 0 Å². The van der Waals surface area contributed by atoms with Crippen LogP contribution in [0.15, 0.2) is 42.6 Å². The van der Waals surface area contributed by atoms with Gasteiger partial charge in [-0.15, -0.1) is 0 Å². The lowest BCUT2D eigenvalue weighted by Crippen LogP contribution is -2.39. The van der Waals surface area contributed by atoms with E-state index >= 15 is 0 Å². The molecule has 3 heterocycles. The predicted octanol–water partition coefficient (Wildman–Crippen LogP) is 2.76. The minimum atomic E-state index is 0.188. The Balaban J connectivity index is 1.30. The Morgan fingerprint density at radius 3 is 2.62 bits per heavy atom. The van der Waals surface area contributed by atoms with E-state index in [-0.39, 0.29) is 5.91 Å². The second kappa shape index (κ2) is 8.04. The van der Waals surface area contributed by atoms with Gasteiger partial charge in [-0.2, -0.15) is 5.10 Å². The van der Waals surface area contributed by atoms with E-state index < -0.39 is 0 Å². The summed E-state index contributed by atoms with van der Waals surface area (Å²) >= 11 is 0. The standard InChI is InChI=1S/C21H28N4O/c26-21(16-25-14-10-20(23-25)19-7-4-11-22-15-19)24-12-8-18(9-13-24)17-5-2-1-3-6-17/h1-3,5-6,10,14,18-19,22H,4,7-9,11-13,15-16H2. The number of aromatic nitrogens is 2. The Morgan fingerprint density at radius 1 is 1.08 bits per heavy atom. The zero-order valence-electron chi connectivity index (χ0n) is 15.3. The summed E-state index contributed by atoms with van der Waals surface area (Å²) in [5.74, 6) is 1.25. The second-order valence-electron chi connectivity index (χ2n) is 7.55. The molecular formula is C21H28N4O. The van der Waals surface area contributed by atoms with Gasteiger partial charge in [0, 0.05) is 31.7 Å². The van der Waals surface area contributed by atoms with E-state index in [1.165, 1.54) is 18.4 Å². The van der Waals surface area contributed by atoms with Crippen LogP contribution in [0.1, 0.15) is 48.8 Å². The van der Waals surface area contributed by atoms with Gasteiger partial charge in [0.1, 0.15) is 6.54 Å². The molecule has 1 aromatic heterocycles. The van der Waals surface area contributed by atoms with Crippen LogP contribution in [0, 0.1) is 0 Å². The second-order valence-corrected chi connectivity index (χ2v) is 7.55. The molecule has 138 valence electrons. The van der Waals surface area contributed by atoms with Crippen molar-refractivity contribution in [1.29, 1.82) is 0 Å². The highest BCUT2D eigenvalue weighted by atomic mass is 16.2. The molecule has 1 unspecified atom stereocenters. The van der Waals surface area contributed by atoms with E-state index in [2.05, 4.69) is 46.8 Å². The highest BCUT2D eigenvalue weighted by Gasteiger charge is 2.24. The van der Waals surface area contributed by atoms with Crippen LogP contribution < -0.4 is 5.32 Å². The normalized spacial score (nSPS) is 21.7. The monoisotopic (exact) mass is 352 g/mol. The summed E-state index contributed by atoms with van der Waals surface area (Å²) in [7, 11) is 0. The molecule has 2 fully saturated rings. The number of nitrogens with one attached hydrogen (secondary N) is 1. The molecule has 2 aliphatic rings. The van der Waals surface area contributed by atoms with Crippen LogP contribution in [-0.2, 0) is 11.3 Å². The summed E-state index contributed by atoms with van der Waals surface area (Å²) in [4.78, 5) is 14.7. The van der Waals surface area contributed by atoms with Gasteiger partial charge in [0.05, 0.1) is 5.69 Å². The Hall–Kier alpha value is -2.14. The van der Waals surface area contributed by atoms with E-state index in [4.69, 9.17) is 0 Å². The molecule has 0 saturated carbocycles. The van der Waals surface area contributed by atoms with Crippen LogP contribution in [0.2, 0.25) is 0 Å². The van der Waals surface area contributed by atoms with Crippen LogP contribution in [0.4, 0.5) is 0 Å². The molecule has 1 N–H and O–H groups in total. The van der Waals surface area contributed by atoms with Gasteiger partial charge in [-0.1, -0.05) is 30.3 Å². The summed E-state index contributed by atoms with van der Waals surface area (Å²) < 4.78 is 1.82. The maximum absolute atomic E-state index is 12.6. The Kier molecular flexibility index (Phi) is 5.34. The molecule has 5 nitrogen and oxygen atoms in total. The minimum Gasteiger partial charge on any atom is -0.341 e. The van der Waals surface area contributed by atoms with Crippen molar-refractivity contribution in [2.24, 2.45) is 0 Å². The number of carbonyl (C=O) groups is 1. The number of benzene rings is 1. The van der Waals surface area contributed by atoms with Crippen molar-refractivity contribution < 1.29 is 4.79 Å². The molecule has 0 spiro atoms. The molecule has 2 aliphatic heterocycles. The van der Waals surface area contributed by atoms with E-state index in [0.29, 0.717) is 18.4 Å². The van der Waals surface area contributed by atoms with E-state index in [9.17, 15) is 4.79 Å². The first-order chi connectivity index (χ1) is 12.8. The minimum absolute atomic E-state index is 0.188. The van der Waals surface area contributed by atoms with E-state index in [0.717, 1.165) is 44.7 Å². The first kappa shape index (κ1) is 17.3. The van der Waals surface area contributed by atoms with Crippen molar-refractivity contribution in [3.8, 4) is 0 Å². The fourth-order valence-corrected chi connectivity index (χ4v) is 4.21. The van der Waals surface area contributed by atoms with E-state index in [1.54, 1.807) is 0 Å². The van der Waals surface area contributed by atoms with Crippen molar-refractivity contribution >= 4 is 5.91 Å². The summed E-state index contributed by atoms with van der Waals surface area (Å²) in [5.41, 5.74) is 2.52. The molecule has 26 heavy (non-hydrogen) atoms. The number of rotatable bonds is 4. The highest BCUT2D eigenvalue weighted by molar-refractivity contribution is 5.76. The van der Waals surface area contributed by atoms with Crippen molar-refractivity contribution in [1.82, 2.24) is 20.0 Å². The maximum atomic E-state index is 12.6. The molecule has 1 aromatic carbocycles. The summed E-state index contributed by atoms with van der Waals surface area (Å²) in [6.45, 7) is 4.15.